The fourth-order valence-corrected chi connectivity index (χ4v) is 2.52. The zero-order valence-electron chi connectivity index (χ0n) is 11.7. The molecule has 0 aromatic carbocycles. The number of rotatable bonds is 7. The van der Waals surface area contributed by atoms with E-state index in [1.807, 2.05) is 6.92 Å². The van der Waals surface area contributed by atoms with Crippen molar-refractivity contribution in [2.45, 2.75) is 44.7 Å². The van der Waals surface area contributed by atoms with Gasteiger partial charge in [-0.25, -0.2) is 0 Å². The molecule has 0 radical (unpaired) electrons. The molecule has 0 saturated carbocycles. The van der Waals surface area contributed by atoms with Crippen molar-refractivity contribution in [2.24, 2.45) is 0 Å². The number of aliphatic carboxylic acids is 1. The van der Waals surface area contributed by atoms with Crippen molar-refractivity contribution in [2.75, 3.05) is 33.4 Å². The Bertz CT molecular complexity index is 267. The Morgan fingerprint density at radius 3 is 2.83 bits per heavy atom. The first kappa shape index (κ1) is 15.4. The molecule has 0 spiro atoms. The van der Waals surface area contributed by atoms with Gasteiger partial charge in [0.25, 0.3) is 0 Å². The molecule has 1 heterocycles. The Kier molecular flexibility index (Phi) is 6.05. The molecule has 0 aromatic rings. The molecule has 0 aromatic heterocycles. The molecule has 2 atom stereocenters. The van der Waals surface area contributed by atoms with Gasteiger partial charge in [-0.2, -0.15) is 0 Å². The van der Waals surface area contributed by atoms with E-state index >= 15 is 0 Å². The Balaban J connectivity index is 2.41. The number of hydrogen-bond donors (Lipinski definition) is 2. The van der Waals surface area contributed by atoms with Gasteiger partial charge in [-0.1, -0.05) is 6.92 Å². The van der Waals surface area contributed by atoms with Crippen molar-refractivity contribution in [3.63, 3.8) is 0 Å². The van der Waals surface area contributed by atoms with Crippen molar-refractivity contribution in [3.05, 3.63) is 0 Å². The summed E-state index contributed by atoms with van der Waals surface area (Å²) in [7, 11) is 1.73. The van der Waals surface area contributed by atoms with E-state index in [0.29, 0.717) is 18.9 Å². The third kappa shape index (κ3) is 3.67. The smallest absolute Gasteiger partial charge is 0.323 e. The molecule has 1 saturated heterocycles. The third-order valence-electron chi connectivity index (χ3n) is 4.05. The van der Waals surface area contributed by atoms with Gasteiger partial charge in [0, 0.05) is 12.6 Å². The molecule has 2 unspecified atom stereocenters. The Hall–Kier alpha value is -0.650. The summed E-state index contributed by atoms with van der Waals surface area (Å²) in [5.74, 6) is -0.748. The van der Waals surface area contributed by atoms with Crippen LogP contribution in [0.2, 0.25) is 0 Å². The third-order valence-corrected chi connectivity index (χ3v) is 4.05. The number of likely N-dealkylation sites (N-methyl/N-ethyl adjacent to an activating group) is 1. The van der Waals surface area contributed by atoms with Crippen molar-refractivity contribution in [1.29, 1.82) is 0 Å². The highest BCUT2D eigenvalue weighted by atomic mass is 16.5. The minimum absolute atomic E-state index is 0.439. The van der Waals surface area contributed by atoms with E-state index in [-0.39, 0.29) is 0 Å². The fourth-order valence-electron chi connectivity index (χ4n) is 2.52. The molecule has 0 amide bonds. The largest absolute Gasteiger partial charge is 0.480 e. The van der Waals surface area contributed by atoms with E-state index in [2.05, 4.69) is 17.1 Å². The maximum Gasteiger partial charge on any atom is 0.323 e. The number of carboxylic acid groups (broad SMARTS) is 1. The van der Waals surface area contributed by atoms with Crippen LogP contribution in [0.3, 0.4) is 0 Å². The number of carbonyl (C=O) groups is 1. The van der Waals surface area contributed by atoms with Crippen molar-refractivity contribution in [1.82, 2.24) is 10.2 Å². The molecule has 5 heteroatoms. The van der Waals surface area contributed by atoms with Gasteiger partial charge in [-0.15, -0.1) is 0 Å². The van der Waals surface area contributed by atoms with Crippen molar-refractivity contribution < 1.29 is 14.6 Å². The highest BCUT2D eigenvalue weighted by molar-refractivity contribution is 5.78. The van der Waals surface area contributed by atoms with Crippen LogP contribution in [0.15, 0.2) is 0 Å². The summed E-state index contributed by atoms with van der Waals surface area (Å²) < 4.78 is 5.39. The van der Waals surface area contributed by atoms with Gasteiger partial charge in [0.1, 0.15) is 5.54 Å². The van der Waals surface area contributed by atoms with E-state index in [1.54, 1.807) is 7.05 Å². The Morgan fingerprint density at radius 2 is 2.33 bits per heavy atom. The zero-order valence-corrected chi connectivity index (χ0v) is 11.7. The van der Waals surface area contributed by atoms with Gasteiger partial charge in [0.2, 0.25) is 0 Å². The van der Waals surface area contributed by atoms with Crippen LogP contribution in [0.1, 0.15) is 33.1 Å². The van der Waals surface area contributed by atoms with Crippen molar-refractivity contribution in [3.8, 4) is 0 Å². The lowest BCUT2D eigenvalue weighted by Crippen LogP contribution is -2.50. The van der Waals surface area contributed by atoms with E-state index in [4.69, 9.17) is 4.74 Å². The van der Waals surface area contributed by atoms with Gasteiger partial charge >= 0.3 is 5.97 Å². The van der Waals surface area contributed by atoms with Crippen LogP contribution in [-0.4, -0.2) is 60.9 Å². The summed E-state index contributed by atoms with van der Waals surface area (Å²) >= 11 is 0. The molecule has 1 rings (SSSR count). The van der Waals surface area contributed by atoms with Crippen LogP contribution in [0, 0.1) is 0 Å². The SMILES string of the molecule is CCC(CCCN1CCOCC1C)(NC)C(=O)O. The second kappa shape index (κ2) is 7.07. The normalized spacial score (nSPS) is 24.7. The lowest BCUT2D eigenvalue weighted by Gasteiger charge is -2.34. The number of nitrogens with one attached hydrogen (secondary N) is 1. The van der Waals surface area contributed by atoms with Crippen LogP contribution in [-0.2, 0) is 9.53 Å². The summed E-state index contributed by atoms with van der Waals surface area (Å²) in [4.78, 5) is 13.7. The first-order valence-electron chi connectivity index (χ1n) is 6.80. The van der Waals surface area contributed by atoms with Crippen LogP contribution >= 0.6 is 0 Å². The van der Waals surface area contributed by atoms with E-state index in [1.165, 1.54) is 0 Å². The minimum atomic E-state index is -0.768. The van der Waals surface area contributed by atoms with Gasteiger partial charge in [0.05, 0.1) is 13.2 Å². The quantitative estimate of drug-likeness (QED) is 0.711. The second-order valence-electron chi connectivity index (χ2n) is 5.05. The molecule has 1 fully saturated rings. The Morgan fingerprint density at radius 1 is 1.61 bits per heavy atom. The number of carboxylic acids is 1. The van der Waals surface area contributed by atoms with Crippen LogP contribution in [0.4, 0.5) is 0 Å². The molecule has 5 nitrogen and oxygen atoms in total. The average molecular weight is 258 g/mol. The predicted octanol–water partition coefficient (Wildman–Crippen LogP) is 0.940. The monoisotopic (exact) mass is 258 g/mol. The molecule has 18 heavy (non-hydrogen) atoms. The number of nitrogens with zero attached hydrogens (tertiary/aromatic N) is 1. The molecule has 1 aliphatic rings. The first-order valence-corrected chi connectivity index (χ1v) is 6.80. The summed E-state index contributed by atoms with van der Waals surface area (Å²) in [5, 5.41) is 12.3. The number of hydrogen-bond acceptors (Lipinski definition) is 4. The first-order chi connectivity index (χ1) is 8.55. The van der Waals surface area contributed by atoms with Crippen molar-refractivity contribution >= 4 is 5.97 Å². The summed E-state index contributed by atoms with van der Waals surface area (Å²) in [6.07, 6.45) is 2.17. The van der Waals surface area contributed by atoms with Gasteiger partial charge in [-0.3, -0.25) is 9.69 Å². The molecular weight excluding hydrogens is 232 g/mol. The molecule has 2 N–H and O–H groups in total. The zero-order chi connectivity index (χ0) is 13.6. The number of ether oxygens (including phenoxy) is 1. The standard InChI is InChI=1S/C13H26N2O3/c1-4-13(14-3,12(16)17)6-5-7-15-8-9-18-10-11(15)2/h11,14H,4-10H2,1-3H3,(H,16,17). The van der Waals surface area contributed by atoms with Crippen LogP contribution in [0.5, 0.6) is 0 Å². The van der Waals surface area contributed by atoms with Crippen LogP contribution < -0.4 is 5.32 Å². The fraction of sp³-hybridized carbons (Fsp3) is 0.923. The van der Waals surface area contributed by atoms with Gasteiger partial charge in [0.15, 0.2) is 0 Å². The van der Waals surface area contributed by atoms with Gasteiger partial charge < -0.3 is 15.2 Å². The topological polar surface area (TPSA) is 61.8 Å². The summed E-state index contributed by atoms with van der Waals surface area (Å²) in [5.41, 5.74) is -0.768. The maximum atomic E-state index is 11.3. The van der Waals surface area contributed by atoms with E-state index in [9.17, 15) is 9.90 Å². The summed E-state index contributed by atoms with van der Waals surface area (Å²) in [6, 6.07) is 0.439. The van der Waals surface area contributed by atoms with E-state index < -0.39 is 11.5 Å². The predicted molar refractivity (Wildman–Crippen MR) is 70.8 cm³/mol. The average Bonchev–Trinajstić information content (AvgIpc) is 2.37. The maximum absolute atomic E-state index is 11.3. The van der Waals surface area contributed by atoms with Gasteiger partial charge in [-0.05, 0) is 39.8 Å². The summed E-state index contributed by atoms with van der Waals surface area (Å²) in [6.45, 7) is 7.54. The molecule has 0 bridgehead atoms. The second-order valence-corrected chi connectivity index (χ2v) is 5.05. The molecular formula is C13H26N2O3. The molecule has 0 aliphatic carbocycles. The lowest BCUT2D eigenvalue weighted by molar-refractivity contribution is -0.145. The molecule has 1 aliphatic heterocycles. The molecule has 106 valence electrons. The Labute approximate surface area is 109 Å². The van der Waals surface area contributed by atoms with E-state index in [0.717, 1.165) is 32.7 Å². The highest BCUT2D eigenvalue weighted by Crippen LogP contribution is 2.18. The number of morpholine rings is 1. The lowest BCUT2D eigenvalue weighted by atomic mass is 9.90. The minimum Gasteiger partial charge on any atom is -0.480 e. The van der Waals surface area contributed by atoms with Crippen LogP contribution in [0.25, 0.3) is 0 Å². The highest BCUT2D eigenvalue weighted by Gasteiger charge is 2.34.